The fraction of sp³-hybridized carbons (Fsp3) is 0.304. The maximum absolute atomic E-state index is 10.4. The van der Waals surface area contributed by atoms with Crippen molar-refractivity contribution in [1.29, 1.82) is 21.2 Å². The summed E-state index contributed by atoms with van der Waals surface area (Å²) in [5.74, 6) is -2.83. The van der Waals surface area contributed by atoms with Crippen LogP contribution in [0.25, 0.3) is 0 Å². The molecule has 2 aromatic rings. The van der Waals surface area contributed by atoms with Gasteiger partial charge in [-0.2, -0.15) is 15.8 Å². The van der Waals surface area contributed by atoms with Crippen LogP contribution in [-0.2, 0) is 15.3 Å². The molecule has 0 aromatic heterocycles. The molecule has 154 valence electrons. The molecule has 4 unspecified atom stereocenters. The minimum atomic E-state index is -2.12. The van der Waals surface area contributed by atoms with Gasteiger partial charge in [0.1, 0.15) is 6.10 Å². The number of nitriles is 3. The van der Waals surface area contributed by atoms with Gasteiger partial charge >= 0.3 is 0 Å². The summed E-state index contributed by atoms with van der Waals surface area (Å²) in [4.78, 5) is 0. The van der Waals surface area contributed by atoms with E-state index in [0.29, 0.717) is 12.0 Å². The standard InChI is InChI=1S/C23H16Cl2N4O2/c1-2-17-22(13-28)20(29)31-23(17,14-7-4-3-5-8-14)30-19(21(22,11-26)12-27)18-15(24)9-6-10-16(18)25/h3-10,17,19,29H,2H2,1H3. The van der Waals surface area contributed by atoms with E-state index in [2.05, 4.69) is 6.07 Å². The van der Waals surface area contributed by atoms with Gasteiger partial charge in [0.15, 0.2) is 5.41 Å². The van der Waals surface area contributed by atoms with Crippen molar-refractivity contribution in [2.45, 2.75) is 25.2 Å². The van der Waals surface area contributed by atoms with E-state index in [1.54, 1.807) is 42.5 Å². The zero-order valence-electron chi connectivity index (χ0n) is 16.4. The van der Waals surface area contributed by atoms with Crippen molar-refractivity contribution in [3.63, 3.8) is 0 Å². The maximum atomic E-state index is 10.4. The molecule has 0 radical (unpaired) electrons. The van der Waals surface area contributed by atoms with Gasteiger partial charge in [-0.25, -0.2) is 0 Å². The molecule has 2 saturated heterocycles. The SMILES string of the molecule is CCC1C2(c3ccccc3)OC(=N)C1(C#N)C(C#N)(C#N)C(c1c(Cl)cccc1Cl)O2. The lowest BCUT2D eigenvalue weighted by molar-refractivity contribution is -0.292. The highest BCUT2D eigenvalue weighted by Gasteiger charge is 2.80. The van der Waals surface area contributed by atoms with Gasteiger partial charge in [-0.1, -0.05) is 66.5 Å². The highest BCUT2D eigenvalue weighted by molar-refractivity contribution is 6.36. The first-order valence-corrected chi connectivity index (χ1v) is 10.3. The average Bonchev–Trinajstić information content (AvgIpc) is 2.99. The van der Waals surface area contributed by atoms with Crippen LogP contribution >= 0.6 is 23.2 Å². The van der Waals surface area contributed by atoms with Crippen LogP contribution in [-0.4, -0.2) is 5.90 Å². The Kier molecular flexibility index (Phi) is 4.95. The Bertz CT molecular complexity index is 1160. The van der Waals surface area contributed by atoms with Gasteiger partial charge in [-0.3, -0.25) is 5.41 Å². The van der Waals surface area contributed by atoms with Crippen LogP contribution in [0.2, 0.25) is 10.0 Å². The molecule has 4 atom stereocenters. The Morgan fingerprint density at radius 2 is 1.58 bits per heavy atom. The van der Waals surface area contributed by atoms with Crippen LogP contribution in [0.15, 0.2) is 48.5 Å². The number of nitrogens with zero attached hydrogens (tertiary/aromatic N) is 3. The summed E-state index contributed by atoms with van der Waals surface area (Å²) in [5, 5.41) is 40.1. The summed E-state index contributed by atoms with van der Waals surface area (Å²) < 4.78 is 12.5. The maximum Gasteiger partial charge on any atom is 0.244 e. The lowest BCUT2D eigenvalue weighted by atomic mass is 9.52. The Morgan fingerprint density at radius 1 is 0.968 bits per heavy atom. The van der Waals surface area contributed by atoms with Crippen LogP contribution in [0, 0.1) is 56.2 Å². The van der Waals surface area contributed by atoms with Crippen LogP contribution in [0.5, 0.6) is 0 Å². The van der Waals surface area contributed by atoms with Crippen molar-refractivity contribution < 1.29 is 9.47 Å². The minimum absolute atomic E-state index is 0.185. The molecule has 8 heteroatoms. The van der Waals surface area contributed by atoms with E-state index in [-0.39, 0.29) is 15.6 Å². The first-order chi connectivity index (χ1) is 14.9. The quantitative estimate of drug-likeness (QED) is 0.663. The van der Waals surface area contributed by atoms with Gasteiger partial charge in [-0.05, 0) is 18.6 Å². The third-order valence-electron chi connectivity index (χ3n) is 6.28. The number of hydrogen-bond acceptors (Lipinski definition) is 6. The van der Waals surface area contributed by atoms with Gasteiger partial charge in [0.25, 0.3) is 0 Å². The predicted molar refractivity (Wildman–Crippen MR) is 113 cm³/mol. The first-order valence-electron chi connectivity index (χ1n) is 9.57. The first kappa shape index (κ1) is 21.2. The number of ether oxygens (including phenoxy) is 2. The topological polar surface area (TPSA) is 114 Å². The van der Waals surface area contributed by atoms with Crippen LogP contribution < -0.4 is 0 Å². The second kappa shape index (κ2) is 7.26. The molecule has 2 fully saturated rings. The van der Waals surface area contributed by atoms with Crippen molar-refractivity contribution in [2.75, 3.05) is 0 Å². The van der Waals surface area contributed by atoms with E-state index < -0.39 is 34.5 Å². The van der Waals surface area contributed by atoms with Gasteiger partial charge in [0, 0.05) is 21.2 Å². The zero-order valence-corrected chi connectivity index (χ0v) is 17.9. The van der Waals surface area contributed by atoms with E-state index in [9.17, 15) is 15.8 Å². The monoisotopic (exact) mass is 450 g/mol. The molecule has 0 amide bonds. The normalized spacial score (nSPS) is 30.5. The van der Waals surface area contributed by atoms with Crippen molar-refractivity contribution in [3.8, 4) is 18.2 Å². The molecule has 2 aliphatic rings. The second-order valence-corrected chi connectivity index (χ2v) is 8.32. The Balaban J connectivity index is 2.12. The summed E-state index contributed by atoms with van der Waals surface area (Å²) in [6.45, 7) is 1.81. The minimum Gasteiger partial charge on any atom is -0.443 e. The van der Waals surface area contributed by atoms with Crippen LogP contribution in [0.1, 0.15) is 30.6 Å². The number of rotatable bonds is 3. The van der Waals surface area contributed by atoms with Gasteiger partial charge in [-0.15, -0.1) is 0 Å². The Labute approximate surface area is 189 Å². The molecule has 2 heterocycles. The number of fused-ring (bicyclic) bond motifs is 2. The molecule has 31 heavy (non-hydrogen) atoms. The number of hydrogen-bond donors (Lipinski definition) is 1. The number of nitrogens with one attached hydrogen (secondary N) is 1. The van der Waals surface area contributed by atoms with E-state index in [4.69, 9.17) is 38.1 Å². The molecular weight excluding hydrogens is 435 g/mol. The smallest absolute Gasteiger partial charge is 0.244 e. The lowest BCUT2D eigenvalue weighted by Crippen LogP contribution is -2.58. The summed E-state index contributed by atoms with van der Waals surface area (Å²) in [6, 6.07) is 19.8. The Morgan fingerprint density at radius 3 is 2.10 bits per heavy atom. The van der Waals surface area contributed by atoms with E-state index in [1.165, 1.54) is 0 Å². The van der Waals surface area contributed by atoms with E-state index >= 15 is 0 Å². The summed E-state index contributed by atoms with van der Waals surface area (Å²) in [5.41, 5.74) is -3.24. The van der Waals surface area contributed by atoms with Crippen molar-refractivity contribution in [3.05, 3.63) is 69.7 Å². The fourth-order valence-electron chi connectivity index (χ4n) is 4.92. The largest absolute Gasteiger partial charge is 0.443 e. The van der Waals surface area contributed by atoms with Gasteiger partial charge in [0.2, 0.25) is 17.1 Å². The molecule has 0 spiro atoms. The van der Waals surface area contributed by atoms with E-state index in [0.717, 1.165) is 0 Å². The number of benzene rings is 2. The predicted octanol–water partition coefficient (Wildman–Crippen LogP) is 5.49. The average molecular weight is 451 g/mol. The molecule has 2 aliphatic heterocycles. The molecule has 0 aliphatic carbocycles. The molecule has 4 rings (SSSR count). The van der Waals surface area contributed by atoms with Crippen molar-refractivity contribution in [1.82, 2.24) is 0 Å². The van der Waals surface area contributed by atoms with E-state index in [1.807, 2.05) is 25.1 Å². The van der Waals surface area contributed by atoms with Crippen LogP contribution in [0.4, 0.5) is 0 Å². The summed E-state index contributed by atoms with van der Waals surface area (Å²) in [7, 11) is 0. The fourth-order valence-corrected chi connectivity index (χ4v) is 5.52. The highest BCUT2D eigenvalue weighted by atomic mass is 35.5. The van der Waals surface area contributed by atoms with Gasteiger partial charge in [0.05, 0.1) is 24.1 Å². The molecular formula is C23H16Cl2N4O2. The summed E-state index contributed by atoms with van der Waals surface area (Å²) in [6.07, 6.45) is -1.02. The van der Waals surface area contributed by atoms with Crippen molar-refractivity contribution >= 4 is 29.1 Å². The number of halogens is 2. The van der Waals surface area contributed by atoms with Crippen molar-refractivity contribution in [2.24, 2.45) is 16.7 Å². The molecule has 0 saturated carbocycles. The summed E-state index contributed by atoms with van der Waals surface area (Å²) >= 11 is 12.9. The van der Waals surface area contributed by atoms with Gasteiger partial charge < -0.3 is 9.47 Å². The highest BCUT2D eigenvalue weighted by Crippen LogP contribution is 2.70. The van der Waals surface area contributed by atoms with Crippen LogP contribution in [0.3, 0.4) is 0 Å². The molecule has 1 N–H and O–H groups in total. The Hall–Kier alpha value is -3.08. The molecule has 6 nitrogen and oxygen atoms in total. The lowest BCUT2D eigenvalue weighted by Gasteiger charge is -2.50. The third kappa shape index (κ3) is 2.43. The third-order valence-corrected chi connectivity index (χ3v) is 6.94. The molecule has 2 bridgehead atoms. The molecule has 2 aromatic carbocycles. The zero-order chi connectivity index (χ0) is 22.4. The second-order valence-electron chi connectivity index (χ2n) is 7.51.